The number of hydrogen-bond donors (Lipinski definition) is 0. The summed E-state index contributed by atoms with van der Waals surface area (Å²) < 4.78 is 4.99. The maximum atomic E-state index is 11.8. The van der Waals surface area contributed by atoms with Gasteiger partial charge in [-0.3, -0.25) is 4.79 Å². The van der Waals surface area contributed by atoms with Crippen molar-refractivity contribution >= 4 is 17.3 Å². The summed E-state index contributed by atoms with van der Waals surface area (Å²) in [6.07, 6.45) is 4.55. The fraction of sp³-hybridized carbons (Fsp3) is 0.200. The number of esters is 1. The van der Waals surface area contributed by atoms with E-state index in [1.54, 1.807) is 19.1 Å². The summed E-state index contributed by atoms with van der Waals surface area (Å²) in [5.41, 5.74) is 1.21. The average Bonchev–Trinajstić information content (AvgIpc) is 2.35. The van der Waals surface area contributed by atoms with E-state index in [0.29, 0.717) is 12.2 Å². The Morgan fingerprint density at radius 1 is 1.22 bits per heavy atom. The Balaban J connectivity index is 3.03. The molecule has 18 heavy (non-hydrogen) atoms. The molecule has 1 aromatic rings. The zero-order valence-corrected chi connectivity index (χ0v) is 10.6. The van der Waals surface area contributed by atoms with Crippen molar-refractivity contribution in [2.45, 2.75) is 13.8 Å². The summed E-state index contributed by atoms with van der Waals surface area (Å²) in [6, 6.07) is 9.21. The Morgan fingerprint density at radius 2 is 1.89 bits per heavy atom. The van der Waals surface area contributed by atoms with Gasteiger partial charge >= 0.3 is 5.97 Å². The molecule has 1 aromatic carbocycles. The highest BCUT2D eigenvalue weighted by atomic mass is 16.5. The molecule has 94 valence electrons. The highest BCUT2D eigenvalue weighted by Crippen LogP contribution is 2.16. The summed E-state index contributed by atoms with van der Waals surface area (Å²) in [4.78, 5) is 22.6. The van der Waals surface area contributed by atoms with E-state index >= 15 is 0 Å². The molecule has 3 heteroatoms. The first-order valence-electron chi connectivity index (χ1n) is 5.76. The first-order chi connectivity index (χ1) is 8.65. The first kappa shape index (κ1) is 13.9. The number of ketones is 1. The molecular weight excluding hydrogens is 228 g/mol. The van der Waals surface area contributed by atoms with Crippen LogP contribution < -0.4 is 0 Å². The van der Waals surface area contributed by atoms with Crippen LogP contribution in [0.5, 0.6) is 0 Å². The van der Waals surface area contributed by atoms with Gasteiger partial charge in [-0.25, -0.2) is 4.79 Å². The molecule has 0 aliphatic carbocycles. The van der Waals surface area contributed by atoms with E-state index < -0.39 is 5.97 Å². The Hall–Kier alpha value is -2.16. The van der Waals surface area contributed by atoms with E-state index in [2.05, 4.69) is 0 Å². The van der Waals surface area contributed by atoms with Crippen LogP contribution in [0.4, 0.5) is 0 Å². The highest BCUT2D eigenvalue weighted by Gasteiger charge is 2.11. The maximum Gasteiger partial charge on any atom is 0.338 e. The van der Waals surface area contributed by atoms with Gasteiger partial charge in [0.25, 0.3) is 0 Å². The van der Waals surface area contributed by atoms with Gasteiger partial charge in [-0.15, -0.1) is 0 Å². The van der Waals surface area contributed by atoms with Crippen LogP contribution in [0.15, 0.2) is 48.6 Å². The van der Waals surface area contributed by atoms with Gasteiger partial charge in [-0.1, -0.05) is 36.4 Å². The number of ether oxygens (including phenoxy) is 1. The van der Waals surface area contributed by atoms with Crippen molar-refractivity contribution in [1.82, 2.24) is 0 Å². The number of carbonyl (C=O) groups is 2. The maximum absolute atomic E-state index is 11.8. The van der Waals surface area contributed by atoms with Crippen LogP contribution in [0.2, 0.25) is 0 Å². The van der Waals surface area contributed by atoms with Crippen molar-refractivity contribution in [2.24, 2.45) is 0 Å². The molecule has 0 saturated carbocycles. The molecule has 0 atom stereocenters. The zero-order chi connectivity index (χ0) is 13.4. The molecule has 0 spiro atoms. The van der Waals surface area contributed by atoms with Gasteiger partial charge in [0.1, 0.15) is 0 Å². The molecule has 0 aromatic heterocycles. The molecule has 0 bridgehead atoms. The van der Waals surface area contributed by atoms with Crippen LogP contribution in [0, 0.1) is 0 Å². The Kier molecular flexibility index (Phi) is 5.58. The van der Waals surface area contributed by atoms with Gasteiger partial charge in [-0.05, 0) is 31.6 Å². The second-order valence-corrected chi connectivity index (χ2v) is 3.64. The molecule has 0 amide bonds. The standard InChI is InChI=1S/C15H16O3/c1-3-18-15(17)14(11-7-8-12(2)16)13-9-5-4-6-10-13/h4-11H,3H2,1-2H3/b8-7+,14-11+. The lowest BCUT2D eigenvalue weighted by molar-refractivity contribution is -0.136. The summed E-state index contributed by atoms with van der Waals surface area (Å²) in [6.45, 7) is 3.53. The fourth-order valence-corrected chi connectivity index (χ4v) is 1.39. The first-order valence-corrected chi connectivity index (χ1v) is 5.76. The van der Waals surface area contributed by atoms with E-state index in [1.807, 2.05) is 30.3 Å². The summed E-state index contributed by atoms with van der Waals surface area (Å²) in [7, 11) is 0. The van der Waals surface area contributed by atoms with Gasteiger partial charge in [-0.2, -0.15) is 0 Å². The Labute approximate surface area is 107 Å². The summed E-state index contributed by atoms with van der Waals surface area (Å²) >= 11 is 0. The van der Waals surface area contributed by atoms with E-state index in [0.717, 1.165) is 5.56 Å². The van der Waals surface area contributed by atoms with Crippen LogP contribution in [0.25, 0.3) is 5.57 Å². The fourth-order valence-electron chi connectivity index (χ4n) is 1.39. The minimum Gasteiger partial charge on any atom is -0.462 e. The lowest BCUT2D eigenvalue weighted by Crippen LogP contribution is -2.06. The predicted octanol–water partition coefficient (Wildman–Crippen LogP) is 2.78. The number of rotatable bonds is 5. The van der Waals surface area contributed by atoms with Crippen molar-refractivity contribution in [3.8, 4) is 0 Å². The van der Waals surface area contributed by atoms with Crippen LogP contribution in [0.1, 0.15) is 19.4 Å². The van der Waals surface area contributed by atoms with Crippen molar-refractivity contribution < 1.29 is 14.3 Å². The second-order valence-electron chi connectivity index (χ2n) is 3.64. The molecule has 0 radical (unpaired) electrons. The normalized spacial score (nSPS) is 11.6. The van der Waals surface area contributed by atoms with E-state index in [-0.39, 0.29) is 5.78 Å². The molecule has 0 N–H and O–H groups in total. The number of benzene rings is 1. The molecule has 1 rings (SSSR count). The largest absolute Gasteiger partial charge is 0.462 e. The van der Waals surface area contributed by atoms with Crippen molar-refractivity contribution in [2.75, 3.05) is 6.61 Å². The number of allylic oxidation sites excluding steroid dienone is 3. The quantitative estimate of drug-likeness (QED) is 0.454. The third kappa shape index (κ3) is 4.37. The lowest BCUT2D eigenvalue weighted by atomic mass is 10.1. The third-order valence-electron chi connectivity index (χ3n) is 2.17. The molecule has 0 aliphatic rings. The monoisotopic (exact) mass is 244 g/mol. The highest BCUT2D eigenvalue weighted by molar-refractivity contribution is 6.16. The van der Waals surface area contributed by atoms with Crippen LogP contribution in [-0.2, 0) is 14.3 Å². The summed E-state index contributed by atoms with van der Waals surface area (Å²) in [5, 5.41) is 0. The number of hydrogen-bond acceptors (Lipinski definition) is 3. The zero-order valence-electron chi connectivity index (χ0n) is 10.6. The van der Waals surface area contributed by atoms with Crippen LogP contribution in [-0.4, -0.2) is 18.4 Å². The minimum atomic E-state index is -0.392. The topological polar surface area (TPSA) is 43.4 Å². The SMILES string of the molecule is CCOC(=O)/C(=C/C=C/C(C)=O)c1ccccc1. The van der Waals surface area contributed by atoms with Crippen LogP contribution in [0.3, 0.4) is 0 Å². The van der Waals surface area contributed by atoms with Crippen LogP contribution >= 0.6 is 0 Å². The molecule has 0 unspecified atom stereocenters. The predicted molar refractivity (Wildman–Crippen MR) is 70.9 cm³/mol. The van der Waals surface area contributed by atoms with Gasteiger partial charge < -0.3 is 4.74 Å². The lowest BCUT2D eigenvalue weighted by Gasteiger charge is -2.06. The van der Waals surface area contributed by atoms with Gasteiger partial charge in [0.2, 0.25) is 0 Å². The van der Waals surface area contributed by atoms with Gasteiger partial charge in [0.05, 0.1) is 12.2 Å². The molecule has 0 aliphatic heterocycles. The van der Waals surface area contributed by atoms with Gasteiger partial charge in [0.15, 0.2) is 5.78 Å². The second kappa shape index (κ2) is 7.22. The van der Waals surface area contributed by atoms with E-state index in [1.165, 1.54) is 13.0 Å². The molecule has 3 nitrogen and oxygen atoms in total. The molecule has 0 fully saturated rings. The average molecular weight is 244 g/mol. The van der Waals surface area contributed by atoms with E-state index in [9.17, 15) is 9.59 Å². The third-order valence-corrected chi connectivity index (χ3v) is 2.17. The van der Waals surface area contributed by atoms with Crippen molar-refractivity contribution in [3.05, 3.63) is 54.1 Å². The molecular formula is C15H16O3. The Morgan fingerprint density at radius 3 is 2.44 bits per heavy atom. The Bertz CT molecular complexity index is 470. The van der Waals surface area contributed by atoms with E-state index in [4.69, 9.17) is 4.74 Å². The van der Waals surface area contributed by atoms with Gasteiger partial charge in [0, 0.05) is 0 Å². The van der Waals surface area contributed by atoms with Crippen molar-refractivity contribution in [3.63, 3.8) is 0 Å². The molecule has 0 saturated heterocycles. The smallest absolute Gasteiger partial charge is 0.338 e. The number of carbonyl (C=O) groups excluding carboxylic acids is 2. The van der Waals surface area contributed by atoms with Crippen molar-refractivity contribution in [1.29, 1.82) is 0 Å². The molecule has 0 heterocycles. The minimum absolute atomic E-state index is 0.0671. The summed E-state index contributed by atoms with van der Waals surface area (Å²) in [5.74, 6) is -0.459.